The van der Waals surface area contributed by atoms with Crippen molar-refractivity contribution < 1.29 is 9.53 Å². The van der Waals surface area contributed by atoms with Crippen LogP contribution in [0.4, 0.5) is 0 Å². The van der Waals surface area contributed by atoms with Gasteiger partial charge in [0.25, 0.3) is 0 Å². The molecule has 1 unspecified atom stereocenters. The highest BCUT2D eigenvalue weighted by molar-refractivity contribution is 5.81. The van der Waals surface area contributed by atoms with E-state index in [1.807, 2.05) is 24.3 Å². The zero-order valence-corrected chi connectivity index (χ0v) is 9.85. The summed E-state index contributed by atoms with van der Waals surface area (Å²) >= 11 is 0. The van der Waals surface area contributed by atoms with Gasteiger partial charge in [0, 0.05) is 6.08 Å². The molecule has 0 saturated carbocycles. The minimum Gasteiger partial charge on any atom is -0.463 e. The van der Waals surface area contributed by atoms with Crippen LogP contribution in [0.5, 0.6) is 0 Å². The van der Waals surface area contributed by atoms with Crippen LogP contribution in [0.25, 0.3) is 0 Å². The predicted octanol–water partition coefficient (Wildman–Crippen LogP) is 2.98. The smallest absolute Gasteiger partial charge is 0.330 e. The number of carbonyl (C=O) groups excluding carboxylic acids is 1. The van der Waals surface area contributed by atoms with Crippen molar-refractivity contribution in [3.05, 3.63) is 48.0 Å². The highest BCUT2D eigenvalue weighted by atomic mass is 16.5. The Labute approximate surface area is 96.9 Å². The van der Waals surface area contributed by atoms with Crippen molar-refractivity contribution >= 4 is 5.97 Å². The minimum atomic E-state index is -0.262. The van der Waals surface area contributed by atoms with Gasteiger partial charge in [-0.15, -0.1) is 0 Å². The third-order valence-corrected chi connectivity index (χ3v) is 2.25. The first-order valence-corrected chi connectivity index (χ1v) is 5.61. The average molecular weight is 218 g/mol. The summed E-state index contributed by atoms with van der Waals surface area (Å²) in [4.78, 5) is 11.1. The molecule has 0 aliphatic carbocycles. The fraction of sp³-hybridized carbons (Fsp3) is 0.357. The van der Waals surface area contributed by atoms with Crippen molar-refractivity contribution in [1.82, 2.24) is 0 Å². The Bertz CT molecular complexity index is 341. The van der Waals surface area contributed by atoms with Crippen LogP contribution in [0.15, 0.2) is 42.5 Å². The molecule has 16 heavy (non-hydrogen) atoms. The van der Waals surface area contributed by atoms with E-state index in [0.29, 0.717) is 12.5 Å². The van der Waals surface area contributed by atoms with E-state index in [0.717, 1.165) is 6.42 Å². The summed E-state index contributed by atoms with van der Waals surface area (Å²) in [5.41, 5.74) is 1.28. The lowest BCUT2D eigenvalue weighted by Gasteiger charge is -2.05. The van der Waals surface area contributed by atoms with Crippen LogP contribution in [0.3, 0.4) is 0 Å². The van der Waals surface area contributed by atoms with Gasteiger partial charge >= 0.3 is 5.97 Å². The molecule has 0 aromatic heterocycles. The van der Waals surface area contributed by atoms with Gasteiger partial charge < -0.3 is 4.74 Å². The second kappa shape index (κ2) is 6.83. The fourth-order valence-electron chi connectivity index (χ4n) is 1.49. The van der Waals surface area contributed by atoms with E-state index in [1.54, 1.807) is 6.92 Å². The maximum atomic E-state index is 11.1. The summed E-state index contributed by atoms with van der Waals surface area (Å²) in [6.45, 7) is 4.32. The molecule has 0 radical (unpaired) electrons. The standard InChI is InChI=1S/C14H18O2/c1-3-16-14(15)10-9-12(2)11-13-7-5-4-6-8-13/h4-10,12H,3,11H2,1-2H3/b10-9+. The number of esters is 1. The lowest BCUT2D eigenvalue weighted by atomic mass is 10.0. The van der Waals surface area contributed by atoms with Crippen LogP contribution in [-0.4, -0.2) is 12.6 Å². The van der Waals surface area contributed by atoms with Gasteiger partial charge in [-0.2, -0.15) is 0 Å². The Hall–Kier alpha value is -1.57. The van der Waals surface area contributed by atoms with Crippen molar-refractivity contribution in [3.63, 3.8) is 0 Å². The molecule has 2 nitrogen and oxygen atoms in total. The van der Waals surface area contributed by atoms with Gasteiger partial charge in [0.05, 0.1) is 6.61 Å². The fourth-order valence-corrected chi connectivity index (χ4v) is 1.49. The van der Waals surface area contributed by atoms with Gasteiger partial charge in [0.2, 0.25) is 0 Å². The molecule has 0 spiro atoms. The summed E-state index contributed by atoms with van der Waals surface area (Å²) in [5, 5.41) is 0. The third-order valence-electron chi connectivity index (χ3n) is 2.25. The lowest BCUT2D eigenvalue weighted by Crippen LogP contribution is -2.01. The average Bonchev–Trinajstić information content (AvgIpc) is 2.28. The number of ether oxygens (including phenoxy) is 1. The molecule has 86 valence electrons. The van der Waals surface area contributed by atoms with Gasteiger partial charge in [-0.25, -0.2) is 4.79 Å². The van der Waals surface area contributed by atoms with Gasteiger partial charge in [0.1, 0.15) is 0 Å². The van der Waals surface area contributed by atoms with E-state index in [2.05, 4.69) is 19.1 Å². The number of hydrogen-bond acceptors (Lipinski definition) is 2. The largest absolute Gasteiger partial charge is 0.463 e. The molecule has 0 amide bonds. The van der Waals surface area contributed by atoms with Gasteiger partial charge in [-0.1, -0.05) is 43.3 Å². The SMILES string of the molecule is CCOC(=O)/C=C/C(C)Cc1ccccc1. The molecule has 0 N–H and O–H groups in total. The van der Waals surface area contributed by atoms with E-state index < -0.39 is 0 Å². The summed E-state index contributed by atoms with van der Waals surface area (Å²) in [7, 11) is 0. The molecule has 0 heterocycles. The van der Waals surface area contributed by atoms with Crippen LogP contribution < -0.4 is 0 Å². The Kier molecular flexibility index (Phi) is 5.34. The van der Waals surface area contributed by atoms with Gasteiger partial charge in [-0.05, 0) is 24.8 Å². The quantitative estimate of drug-likeness (QED) is 0.561. The van der Waals surface area contributed by atoms with Gasteiger partial charge in [0.15, 0.2) is 0 Å². The van der Waals surface area contributed by atoms with Crippen molar-refractivity contribution in [3.8, 4) is 0 Å². The maximum Gasteiger partial charge on any atom is 0.330 e. The molecular weight excluding hydrogens is 200 g/mol. The Morgan fingerprint density at radius 3 is 2.69 bits per heavy atom. The number of carbonyl (C=O) groups is 1. The molecule has 1 aromatic rings. The molecule has 1 aromatic carbocycles. The number of benzene rings is 1. The Balaban J connectivity index is 2.41. The van der Waals surface area contributed by atoms with E-state index in [-0.39, 0.29) is 5.97 Å². The molecule has 0 fully saturated rings. The van der Waals surface area contributed by atoms with Crippen LogP contribution in [0.1, 0.15) is 19.4 Å². The van der Waals surface area contributed by atoms with E-state index >= 15 is 0 Å². The number of rotatable bonds is 5. The van der Waals surface area contributed by atoms with Gasteiger partial charge in [-0.3, -0.25) is 0 Å². The third kappa shape index (κ3) is 4.78. The second-order valence-electron chi connectivity index (χ2n) is 3.78. The van der Waals surface area contributed by atoms with Crippen LogP contribution in [0.2, 0.25) is 0 Å². The first-order valence-electron chi connectivity index (χ1n) is 5.61. The summed E-state index contributed by atoms with van der Waals surface area (Å²) < 4.78 is 4.82. The van der Waals surface area contributed by atoms with E-state index in [4.69, 9.17) is 4.74 Å². The predicted molar refractivity (Wildman–Crippen MR) is 65.1 cm³/mol. The molecule has 2 heteroatoms. The molecular formula is C14H18O2. The number of hydrogen-bond donors (Lipinski definition) is 0. The number of allylic oxidation sites excluding steroid dienone is 1. The summed E-state index contributed by atoms with van der Waals surface area (Å²) in [6.07, 6.45) is 4.35. The molecule has 0 aliphatic heterocycles. The summed E-state index contributed by atoms with van der Waals surface area (Å²) in [6, 6.07) is 10.2. The van der Waals surface area contributed by atoms with Crippen molar-refractivity contribution in [2.24, 2.45) is 5.92 Å². The first-order chi connectivity index (χ1) is 7.72. The van der Waals surface area contributed by atoms with Crippen molar-refractivity contribution in [1.29, 1.82) is 0 Å². The topological polar surface area (TPSA) is 26.3 Å². The molecule has 0 saturated heterocycles. The molecule has 0 bridgehead atoms. The van der Waals surface area contributed by atoms with E-state index in [1.165, 1.54) is 11.6 Å². The minimum absolute atomic E-state index is 0.262. The van der Waals surface area contributed by atoms with Crippen molar-refractivity contribution in [2.45, 2.75) is 20.3 Å². The molecule has 1 atom stereocenters. The zero-order chi connectivity index (χ0) is 11.8. The van der Waals surface area contributed by atoms with Crippen molar-refractivity contribution in [2.75, 3.05) is 6.61 Å². The molecule has 0 aliphatic rings. The van der Waals surface area contributed by atoms with Crippen LogP contribution in [-0.2, 0) is 16.0 Å². The highest BCUT2D eigenvalue weighted by Crippen LogP contribution is 2.09. The first kappa shape index (κ1) is 12.5. The second-order valence-corrected chi connectivity index (χ2v) is 3.78. The zero-order valence-electron chi connectivity index (χ0n) is 9.85. The maximum absolute atomic E-state index is 11.1. The molecule has 1 rings (SSSR count). The van der Waals surface area contributed by atoms with Crippen LogP contribution in [0, 0.1) is 5.92 Å². The monoisotopic (exact) mass is 218 g/mol. The lowest BCUT2D eigenvalue weighted by molar-refractivity contribution is -0.137. The van der Waals surface area contributed by atoms with E-state index in [9.17, 15) is 4.79 Å². The Morgan fingerprint density at radius 2 is 2.06 bits per heavy atom. The summed E-state index contributed by atoms with van der Waals surface area (Å²) in [5.74, 6) is 0.0780. The normalized spacial score (nSPS) is 12.6. The Morgan fingerprint density at radius 1 is 1.38 bits per heavy atom. The highest BCUT2D eigenvalue weighted by Gasteiger charge is 2.00. The van der Waals surface area contributed by atoms with Crippen LogP contribution >= 0.6 is 0 Å².